The molecule has 80 heavy (non-hydrogen) atoms. The monoisotopic (exact) mass is 1110 g/mol. The van der Waals surface area contributed by atoms with Crippen LogP contribution in [0, 0.1) is 0 Å². The predicted molar refractivity (Wildman–Crippen MR) is 262 cm³/mol. The minimum absolute atomic E-state index is 0.123. The van der Waals surface area contributed by atoms with E-state index in [0.717, 1.165) is 126 Å². The van der Waals surface area contributed by atoms with Crippen molar-refractivity contribution in [3.63, 3.8) is 0 Å². The Labute approximate surface area is 453 Å². The van der Waals surface area contributed by atoms with Gasteiger partial charge in [-0.25, -0.2) is 0 Å². The first-order valence-electron chi connectivity index (χ1n) is 23.7. The highest BCUT2D eigenvalue weighted by atomic mass is 16.6. The Morgan fingerprint density at radius 1 is 0.362 bits per heavy atom. The van der Waals surface area contributed by atoms with E-state index in [9.17, 15) is 57.5 Å². The van der Waals surface area contributed by atoms with Gasteiger partial charge in [0.1, 0.15) is 40.6 Å². The van der Waals surface area contributed by atoms with Crippen LogP contribution in [-0.4, -0.2) is 83.8 Å². The summed E-state index contributed by atoms with van der Waals surface area (Å²) in [6.45, 7) is 12.1. The summed E-state index contributed by atoms with van der Waals surface area (Å²) in [6.07, 6.45) is -7.36. The van der Waals surface area contributed by atoms with Gasteiger partial charge in [0.25, 0.3) is 0 Å². The molecule has 0 aliphatic carbocycles. The maximum absolute atomic E-state index is 13.7. The van der Waals surface area contributed by atoms with Crippen molar-refractivity contribution in [3.05, 3.63) is 70.3 Å². The molecule has 26 nitrogen and oxygen atoms in total. The number of benzene rings is 4. The number of rotatable bonds is 15. The molecule has 0 aromatic heterocycles. The smallest absolute Gasteiger partial charge is 0.308 e. The van der Waals surface area contributed by atoms with Gasteiger partial charge in [-0.3, -0.25) is 57.5 Å². The Hall–Kier alpha value is -9.88. The SMILES string of the molecule is CC(=O)Oc1cc(OC(C)=O)c2c(c1)O[C@H](c1cc(OC(C)=O)c(OC(C)=O)c(OC(C)=O)c1)[C@H](OC(C)=O)[C@H]2c1c(OC(C)=O)cc(OC(C)=O)c2c1O[C@H](c1cc(OC(C)=O)c(OC(C)=O)c(OC(C)=O)c1)[C@H](OC(C)=O)C2. The molecule has 0 radical (unpaired) electrons. The Morgan fingerprint density at radius 2 is 0.738 bits per heavy atom. The second-order valence-corrected chi connectivity index (χ2v) is 17.5. The zero-order chi connectivity index (χ0) is 59.2. The van der Waals surface area contributed by atoms with E-state index in [1.807, 2.05) is 0 Å². The largest absolute Gasteiger partial charge is 0.481 e. The quantitative estimate of drug-likeness (QED) is 0.101. The van der Waals surface area contributed by atoms with Gasteiger partial charge in [0, 0.05) is 136 Å². The Kier molecular flexibility index (Phi) is 18.3. The predicted octanol–water partition coefficient (Wildman–Crippen LogP) is 5.74. The molecular formula is C54H50O26. The minimum Gasteiger partial charge on any atom is -0.481 e. The van der Waals surface area contributed by atoms with Crippen molar-refractivity contribution in [2.75, 3.05) is 0 Å². The molecule has 2 aliphatic heterocycles. The zero-order valence-corrected chi connectivity index (χ0v) is 44.7. The standard InChI is InChI=1S/C54H50O26/c1-21(55)67-35-17-38(69-23(3)57)46-39(18-35)79-50(34-15-43(73-27(7)61)53(77-31(11)65)44(16-34)74-28(8)62)54(78-32(12)66)48(46)47-40(70-24(4)58)20-37(68-22(2)56)36-19-45(75-29(9)63)49(80-51(36)47)33-13-41(71-25(5)59)52(76-30(10)64)42(14-33)72-26(6)60/h13-18,20,45,48-50,54H,19H2,1-12H3/t45-,48-,49-,50-,54-/m1/s1. The molecule has 26 heteroatoms. The third-order valence-electron chi connectivity index (χ3n) is 10.8. The Bertz CT molecular complexity index is 3220. The van der Waals surface area contributed by atoms with Gasteiger partial charge in [0.2, 0.25) is 11.5 Å². The van der Waals surface area contributed by atoms with Crippen molar-refractivity contribution in [2.24, 2.45) is 0 Å². The number of hydrogen-bond acceptors (Lipinski definition) is 26. The van der Waals surface area contributed by atoms with E-state index in [-0.39, 0.29) is 45.1 Å². The van der Waals surface area contributed by atoms with Crippen molar-refractivity contribution in [3.8, 4) is 69.0 Å². The maximum atomic E-state index is 13.7. The molecule has 0 spiro atoms. The lowest BCUT2D eigenvalue weighted by Crippen LogP contribution is -2.40. The molecule has 422 valence electrons. The fourth-order valence-electron chi connectivity index (χ4n) is 8.70. The molecule has 0 N–H and O–H groups in total. The zero-order valence-electron chi connectivity index (χ0n) is 44.7. The number of hydrogen-bond donors (Lipinski definition) is 0. The second kappa shape index (κ2) is 24.6. The van der Waals surface area contributed by atoms with E-state index in [4.69, 9.17) is 66.3 Å². The normalized spacial score (nSPS) is 16.6. The lowest BCUT2D eigenvalue weighted by molar-refractivity contribution is -0.154. The molecule has 0 amide bonds. The van der Waals surface area contributed by atoms with Gasteiger partial charge < -0.3 is 66.3 Å². The highest BCUT2D eigenvalue weighted by Crippen LogP contribution is 2.60. The van der Waals surface area contributed by atoms with Crippen molar-refractivity contribution in [2.45, 2.75) is 120 Å². The molecule has 4 aromatic rings. The molecule has 0 fully saturated rings. The van der Waals surface area contributed by atoms with Crippen LogP contribution in [0.3, 0.4) is 0 Å². The lowest BCUT2D eigenvalue weighted by atomic mass is 9.77. The van der Waals surface area contributed by atoms with Crippen LogP contribution in [-0.2, 0) is 73.4 Å². The summed E-state index contributed by atoms with van der Waals surface area (Å²) in [5, 5.41) is 0. The number of carbonyl (C=O) groups is 12. The molecule has 0 unspecified atom stereocenters. The highest BCUT2D eigenvalue weighted by molar-refractivity contribution is 5.82. The van der Waals surface area contributed by atoms with Crippen LogP contribution in [0.4, 0.5) is 0 Å². The third-order valence-corrected chi connectivity index (χ3v) is 10.8. The van der Waals surface area contributed by atoms with Crippen molar-refractivity contribution in [1.82, 2.24) is 0 Å². The fourth-order valence-corrected chi connectivity index (χ4v) is 8.70. The molecule has 6 rings (SSSR count). The summed E-state index contributed by atoms with van der Waals surface area (Å²) < 4.78 is 80.9. The van der Waals surface area contributed by atoms with Crippen LogP contribution in [0.5, 0.6) is 69.0 Å². The van der Waals surface area contributed by atoms with Crippen LogP contribution in [0.15, 0.2) is 42.5 Å². The van der Waals surface area contributed by atoms with Crippen molar-refractivity contribution < 1.29 is 124 Å². The molecular weight excluding hydrogens is 1060 g/mol. The van der Waals surface area contributed by atoms with Crippen molar-refractivity contribution in [1.29, 1.82) is 0 Å². The molecule has 0 bridgehead atoms. The van der Waals surface area contributed by atoms with E-state index in [2.05, 4.69) is 0 Å². The van der Waals surface area contributed by atoms with Gasteiger partial charge >= 0.3 is 71.6 Å². The molecule has 4 aromatic carbocycles. The Balaban J connectivity index is 1.85. The summed E-state index contributed by atoms with van der Waals surface area (Å²) in [5.74, 6) is -19.0. The van der Waals surface area contributed by atoms with Crippen LogP contribution >= 0.6 is 0 Å². The minimum atomic E-state index is -1.90. The molecule has 2 heterocycles. The second-order valence-electron chi connectivity index (χ2n) is 17.5. The number of ether oxygens (including phenoxy) is 14. The van der Waals surface area contributed by atoms with Gasteiger partial charge in [0.05, 0.1) is 5.92 Å². The van der Waals surface area contributed by atoms with Crippen LogP contribution in [0.25, 0.3) is 0 Å². The lowest BCUT2D eigenvalue weighted by Gasteiger charge is -2.42. The first-order valence-corrected chi connectivity index (χ1v) is 23.7. The molecule has 2 aliphatic rings. The van der Waals surface area contributed by atoms with Gasteiger partial charge in [-0.2, -0.15) is 0 Å². The molecule has 5 atom stereocenters. The van der Waals surface area contributed by atoms with E-state index in [1.165, 1.54) is 0 Å². The van der Waals surface area contributed by atoms with Crippen molar-refractivity contribution >= 4 is 71.6 Å². The van der Waals surface area contributed by atoms with E-state index < -0.39 is 160 Å². The van der Waals surface area contributed by atoms with Gasteiger partial charge in [0.15, 0.2) is 41.3 Å². The Morgan fingerprint density at radius 3 is 1.14 bits per heavy atom. The first-order chi connectivity index (χ1) is 37.5. The molecule has 0 saturated carbocycles. The average Bonchev–Trinajstić information content (AvgIpc) is 3.51. The summed E-state index contributed by atoms with van der Waals surface area (Å²) in [6, 6.07) is 7.78. The van der Waals surface area contributed by atoms with Crippen LogP contribution < -0.4 is 56.8 Å². The van der Waals surface area contributed by atoms with Gasteiger partial charge in [-0.05, 0) is 24.3 Å². The van der Waals surface area contributed by atoms with Crippen LogP contribution in [0.2, 0.25) is 0 Å². The molecule has 0 saturated heterocycles. The summed E-state index contributed by atoms with van der Waals surface area (Å²) in [4.78, 5) is 154. The number of esters is 12. The van der Waals surface area contributed by atoms with E-state index in [0.29, 0.717) is 0 Å². The van der Waals surface area contributed by atoms with Gasteiger partial charge in [-0.1, -0.05) is 0 Å². The van der Waals surface area contributed by atoms with E-state index >= 15 is 0 Å². The average molecular weight is 1110 g/mol. The first kappa shape index (κ1) is 59.4. The topological polar surface area (TPSA) is 334 Å². The number of carbonyl (C=O) groups excluding carboxylic acids is 12. The highest BCUT2D eigenvalue weighted by Gasteiger charge is 2.51. The van der Waals surface area contributed by atoms with Crippen LogP contribution in [0.1, 0.15) is 129 Å². The fraction of sp³-hybridized carbons (Fsp3) is 0.333. The van der Waals surface area contributed by atoms with E-state index in [1.54, 1.807) is 0 Å². The summed E-state index contributed by atoms with van der Waals surface area (Å²) in [5.41, 5.74) is -1.03. The summed E-state index contributed by atoms with van der Waals surface area (Å²) >= 11 is 0. The number of fused-ring (bicyclic) bond motifs is 2. The van der Waals surface area contributed by atoms with Gasteiger partial charge in [-0.15, -0.1) is 0 Å². The third kappa shape index (κ3) is 14.4. The summed E-state index contributed by atoms with van der Waals surface area (Å²) in [7, 11) is 0. The maximum Gasteiger partial charge on any atom is 0.308 e.